The molecule has 0 amide bonds. The number of aliphatic hydroxyl groups excluding tert-OH is 1. The molecule has 3 aromatic rings. The van der Waals surface area contributed by atoms with Crippen LogP contribution in [-0.4, -0.2) is 77.5 Å². The van der Waals surface area contributed by atoms with Crippen molar-refractivity contribution in [1.29, 1.82) is 0 Å². The van der Waals surface area contributed by atoms with Crippen molar-refractivity contribution in [1.82, 2.24) is 19.5 Å². The molecule has 0 spiro atoms. The molecule has 1 aliphatic rings. The average Bonchev–Trinajstić information content (AvgIpc) is 3.41. The highest BCUT2D eigenvalue weighted by molar-refractivity contribution is 6.28. The summed E-state index contributed by atoms with van der Waals surface area (Å²) in [5.74, 6) is 1.30. The van der Waals surface area contributed by atoms with Gasteiger partial charge in [-0.2, -0.15) is 14.6 Å². The number of hydrogen-bond acceptors (Lipinski definition) is 10. The zero-order chi connectivity index (χ0) is 28.7. The SMILES string of the molecule is C#C[C@@]1(O)[C@@H](COC(Cc2ccccc2)C(=O)O)O[C@@H](n2cnc3c(CC(C)C)nc(Cl)nc32)[C@@H]1O.O=C=O. The summed E-state index contributed by atoms with van der Waals surface area (Å²) in [5, 5.41) is 31.7. The number of nitrogens with zero attached hydrogens (tertiary/aromatic N) is 4. The summed E-state index contributed by atoms with van der Waals surface area (Å²) in [6, 6.07) is 8.99. The first kappa shape index (κ1) is 29.9. The Morgan fingerprint density at radius 2 is 1.92 bits per heavy atom. The minimum Gasteiger partial charge on any atom is -0.479 e. The molecule has 4 rings (SSSR count). The van der Waals surface area contributed by atoms with E-state index in [1.165, 1.54) is 10.9 Å². The van der Waals surface area contributed by atoms with Crippen LogP contribution in [0.4, 0.5) is 0 Å². The Kier molecular flexibility index (Phi) is 9.88. The number of terminal acetylenes is 1. The second-order valence-electron chi connectivity index (χ2n) is 9.22. The molecule has 0 bridgehead atoms. The van der Waals surface area contributed by atoms with E-state index in [4.69, 9.17) is 37.1 Å². The summed E-state index contributed by atoms with van der Waals surface area (Å²) < 4.78 is 13.0. The number of aromatic nitrogens is 4. The summed E-state index contributed by atoms with van der Waals surface area (Å²) in [6.07, 6.45) is 2.73. The number of benzene rings is 1. The predicted molar refractivity (Wildman–Crippen MR) is 135 cm³/mol. The zero-order valence-electron chi connectivity index (χ0n) is 21.1. The fraction of sp³-hybridized carbons (Fsp3) is 0.423. The number of ether oxygens (including phenoxy) is 2. The Morgan fingerprint density at radius 3 is 2.51 bits per heavy atom. The van der Waals surface area contributed by atoms with Gasteiger partial charge < -0.3 is 24.8 Å². The fourth-order valence-electron chi connectivity index (χ4n) is 4.23. The van der Waals surface area contributed by atoms with Crippen molar-refractivity contribution in [3.8, 4) is 12.3 Å². The van der Waals surface area contributed by atoms with Gasteiger partial charge in [0.2, 0.25) is 5.28 Å². The maximum absolute atomic E-state index is 11.8. The quantitative estimate of drug-likeness (QED) is 0.256. The molecule has 39 heavy (non-hydrogen) atoms. The highest BCUT2D eigenvalue weighted by Crippen LogP contribution is 2.39. The number of fused-ring (bicyclic) bond motifs is 1. The lowest BCUT2D eigenvalue weighted by atomic mass is 9.93. The monoisotopic (exact) mass is 558 g/mol. The van der Waals surface area contributed by atoms with E-state index in [0.717, 1.165) is 5.56 Å². The van der Waals surface area contributed by atoms with Crippen LogP contribution in [0.25, 0.3) is 11.2 Å². The number of aliphatic hydroxyl groups is 2. The standard InChI is InChI=1S/C25H27ClN4O6.CO2/c1-4-25(34)18(12-35-17(23(32)33)11-15-8-6-5-7-9-15)36-22(20(25)31)30-13-27-19-16(10-14(2)3)28-24(26)29-21(19)30;2-1-3/h1,5-9,13-14,17-18,20,22,31,34H,10-12H2,2-3H3,(H,32,33);/t17?,18-,20+,22-,25-;/m1./s1. The van der Waals surface area contributed by atoms with E-state index < -0.39 is 36.1 Å². The van der Waals surface area contributed by atoms with Gasteiger partial charge in [-0.15, -0.1) is 6.42 Å². The summed E-state index contributed by atoms with van der Waals surface area (Å²) in [7, 11) is 0. The lowest BCUT2D eigenvalue weighted by Gasteiger charge is -2.26. The predicted octanol–water partition coefficient (Wildman–Crippen LogP) is 1.43. The van der Waals surface area contributed by atoms with Gasteiger partial charge >= 0.3 is 12.1 Å². The molecule has 2 aromatic heterocycles. The van der Waals surface area contributed by atoms with Gasteiger partial charge in [0.15, 0.2) is 23.6 Å². The third kappa shape index (κ3) is 6.66. The molecule has 1 aliphatic heterocycles. The van der Waals surface area contributed by atoms with Gasteiger partial charge in [-0.25, -0.2) is 14.8 Å². The lowest BCUT2D eigenvalue weighted by molar-refractivity contribution is -0.191. The number of aliphatic carboxylic acids is 1. The minimum absolute atomic E-state index is 0.00435. The maximum Gasteiger partial charge on any atom is 0.373 e. The Balaban J connectivity index is 0.00000134. The molecule has 5 atom stereocenters. The number of carboxylic acids is 1. The van der Waals surface area contributed by atoms with Crippen LogP contribution < -0.4 is 0 Å². The molecule has 0 saturated carbocycles. The first-order chi connectivity index (χ1) is 18.5. The molecule has 1 saturated heterocycles. The molecule has 0 radical (unpaired) electrons. The molecule has 3 N–H and O–H groups in total. The van der Waals surface area contributed by atoms with Gasteiger partial charge in [0.25, 0.3) is 0 Å². The number of rotatable bonds is 9. The van der Waals surface area contributed by atoms with E-state index in [1.54, 1.807) is 24.3 Å². The Labute approximate surface area is 228 Å². The molecule has 1 fully saturated rings. The van der Waals surface area contributed by atoms with E-state index in [0.29, 0.717) is 23.3 Å². The third-order valence-corrected chi connectivity index (χ3v) is 6.25. The number of carbonyl (C=O) groups excluding carboxylic acids is 2. The summed E-state index contributed by atoms with van der Waals surface area (Å²) in [6.45, 7) is 3.68. The van der Waals surface area contributed by atoms with E-state index >= 15 is 0 Å². The molecule has 206 valence electrons. The molecule has 12 nitrogen and oxygen atoms in total. The summed E-state index contributed by atoms with van der Waals surface area (Å²) in [4.78, 5) is 40.9. The fourth-order valence-corrected chi connectivity index (χ4v) is 4.41. The largest absolute Gasteiger partial charge is 0.479 e. The van der Waals surface area contributed by atoms with Crippen molar-refractivity contribution < 1.29 is 39.2 Å². The minimum atomic E-state index is -2.16. The van der Waals surface area contributed by atoms with Crippen LogP contribution in [0.5, 0.6) is 0 Å². The van der Waals surface area contributed by atoms with Gasteiger partial charge in [-0.1, -0.05) is 50.1 Å². The van der Waals surface area contributed by atoms with Gasteiger partial charge in [-0.3, -0.25) is 4.57 Å². The molecule has 13 heteroatoms. The van der Waals surface area contributed by atoms with Gasteiger partial charge in [-0.05, 0) is 29.5 Å². The molecule has 1 aromatic carbocycles. The van der Waals surface area contributed by atoms with Crippen molar-refractivity contribution in [2.45, 2.75) is 56.8 Å². The summed E-state index contributed by atoms with van der Waals surface area (Å²) >= 11 is 6.15. The van der Waals surface area contributed by atoms with E-state index in [1.807, 2.05) is 19.9 Å². The van der Waals surface area contributed by atoms with Gasteiger partial charge in [0.1, 0.15) is 17.7 Å². The number of halogens is 1. The van der Waals surface area contributed by atoms with Gasteiger partial charge in [0, 0.05) is 6.42 Å². The Hall–Kier alpha value is -3.69. The number of hydrogen-bond donors (Lipinski definition) is 3. The molecule has 0 aliphatic carbocycles. The molecular weight excluding hydrogens is 532 g/mol. The summed E-state index contributed by atoms with van der Waals surface area (Å²) in [5.41, 5.74) is 0.0450. The van der Waals surface area contributed by atoms with Crippen LogP contribution in [0, 0.1) is 18.3 Å². The van der Waals surface area contributed by atoms with Crippen LogP contribution in [0.1, 0.15) is 31.3 Å². The van der Waals surface area contributed by atoms with Crippen LogP contribution in [-0.2, 0) is 36.7 Å². The van der Waals surface area contributed by atoms with Crippen molar-refractivity contribution in [3.05, 3.63) is 53.2 Å². The van der Waals surface area contributed by atoms with E-state index in [9.17, 15) is 20.1 Å². The second kappa shape index (κ2) is 12.9. The van der Waals surface area contributed by atoms with Crippen LogP contribution in [0.2, 0.25) is 5.28 Å². The number of imidazole rings is 1. The topological polar surface area (TPSA) is 174 Å². The lowest BCUT2D eigenvalue weighted by Crippen LogP contribution is -2.48. The second-order valence-corrected chi connectivity index (χ2v) is 9.56. The number of carboxylic acid groups (broad SMARTS) is 1. The highest BCUT2D eigenvalue weighted by Gasteiger charge is 2.56. The van der Waals surface area contributed by atoms with E-state index in [-0.39, 0.29) is 30.4 Å². The van der Waals surface area contributed by atoms with Crippen LogP contribution >= 0.6 is 11.6 Å². The Bertz CT molecular complexity index is 1370. The van der Waals surface area contributed by atoms with Crippen molar-refractivity contribution in [2.75, 3.05) is 6.61 Å². The molecular formula is C26H27ClN4O8. The first-order valence-electron chi connectivity index (χ1n) is 11.9. The van der Waals surface area contributed by atoms with Crippen molar-refractivity contribution in [3.63, 3.8) is 0 Å². The zero-order valence-corrected chi connectivity index (χ0v) is 21.9. The van der Waals surface area contributed by atoms with E-state index in [2.05, 4.69) is 20.9 Å². The van der Waals surface area contributed by atoms with Crippen LogP contribution in [0.3, 0.4) is 0 Å². The van der Waals surface area contributed by atoms with Crippen molar-refractivity contribution in [2.24, 2.45) is 5.92 Å². The third-order valence-electron chi connectivity index (χ3n) is 6.08. The van der Waals surface area contributed by atoms with Crippen molar-refractivity contribution >= 4 is 34.9 Å². The van der Waals surface area contributed by atoms with Crippen LogP contribution in [0.15, 0.2) is 36.7 Å². The highest BCUT2D eigenvalue weighted by atomic mass is 35.5. The van der Waals surface area contributed by atoms with Gasteiger partial charge in [0.05, 0.1) is 18.6 Å². The molecule has 3 heterocycles. The molecule has 1 unspecified atom stereocenters. The first-order valence-corrected chi connectivity index (χ1v) is 12.2. The maximum atomic E-state index is 11.8. The average molecular weight is 559 g/mol. The smallest absolute Gasteiger partial charge is 0.373 e. The normalized spacial score (nSPS) is 23.1. The Morgan fingerprint density at radius 1 is 1.26 bits per heavy atom. The number of carbonyl (C=O) groups is 1.